The van der Waals surface area contributed by atoms with E-state index in [1.807, 2.05) is 0 Å². The monoisotopic (exact) mass is 276 g/mol. The molecule has 0 atom stereocenters. The molecule has 3 rings (SSSR count). The minimum absolute atomic E-state index is 0.522. The van der Waals surface area contributed by atoms with Crippen LogP contribution in [0.1, 0.15) is 36.0 Å². The van der Waals surface area contributed by atoms with Crippen molar-refractivity contribution in [2.24, 2.45) is 0 Å². The maximum absolute atomic E-state index is 10.7. The highest BCUT2D eigenvalue weighted by atomic mass is 16.5. The molecule has 2 aliphatic rings. The van der Waals surface area contributed by atoms with Crippen molar-refractivity contribution in [3.63, 3.8) is 0 Å². The number of methoxy groups -OCH3 is 1. The fraction of sp³-hybridized carbons (Fsp3) is 0.562. The molecule has 0 bridgehead atoms. The number of fused-ring (bicyclic) bond motifs is 2. The number of ether oxygens (including phenoxy) is 3. The van der Waals surface area contributed by atoms with Crippen molar-refractivity contribution < 1.29 is 19.0 Å². The third-order valence-corrected chi connectivity index (χ3v) is 4.02. The third kappa shape index (κ3) is 2.13. The van der Waals surface area contributed by atoms with Gasteiger partial charge in [-0.25, -0.2) is 0 Å². The summed E-state index contributed by atoms with van der Waals surface area (Å²) in [5.41, 5.74) is 3.44. The quantitative estimate of drug-likeness (QED) is 0.793. The van der Waals surface area contributed by atoms with Gasteiger partial charge in [-0.15, -0.1) is 0 Å². The number of carbonyl (C=O) groups excluding carboxylic acids is 1. The summed E-state index contributed by atoms with van der Waals surface area (Å²) < 4.78 is 17.4. The van der Waals surface area contributed by atoms with E-state index in [9.17, 15) is 4.79 Å². The van der Waals surface area contributed by atoms with Gasteiger partial charge in [0, 0.05) is 23.1 Å². The van der Waals surface area contributed by atoms with E-state index in [1.54, 1.807) is 7.11 Å². The molecule has 0 spiro atoms. The van der Waals surface area contributed by atoms with Gasteiger partial charge in [-0.1, -0.05) is 0 Å². The molecular weight excluding hydrogens is 256 g/mol. The van der Waals surface area contributed by atoms with E-state index in [2.05, 4.69) is 0 Å². The lowest BCUT2D eigenvalue weighted by atomic mass is 9.90. The molecule has 0 saturated heterocycles. The number of aldehydes is 1. The number of rotatable bonds is 4. The Morgan fingerprint density at radius 2 is 1.80 bits per heavy atom. The molecule has 20 heavy (non-hydrogen) atoms. The minimum atomic E-state index is 0.522. The molecule has 108 valence electrons. The largest absolute Gasteiger partial charge is 0.493 e. The number of carbonyl (C=O) groups is 1. The Morgan fingerprint density at radius 3 is 2.50 bits per heavy atom. The zero-order valence-corrected chi connectivity index (χ0v) is 11.9. The van der Waals surface area contributed by atoms with E-state index < -0.39 is 0 Å². The van der Waals surface area contributed by atoms with E-state index in [0.717, 1.165) is 80.0 Å². The average Bonchev–Trinajstić information content (AvgIpc) is 2.51. The van der Waals surface area contributed by atoms with Crippen molar-refractivity contribution in [3.8, 4) is 17.2 Å². The summed E-state index contributed by atoms with van der Waals surface area (Å²) in [5, 5.41) is 0. The summed E-state index contributed by atoms with van der Waals surface area (Å²) in [5.74, 6) is 2.66. The Kier molecular flexibility index (Phi) is 3.81. The zero-order chi connectivity index (χ0) is 13.9. The van der Waals surface area contributed by atoms with Crippen molar-refractivity contribution >= 4 is 6.29 Å². The lowest BCUT2D eigenvalue weighted by Crippen LogP contribution is -2.18. The fourth-order valence-corrected chi connectivity index (χ4v) is 3.18. The molecule has 0 aromatic heterocycles. The van der Waals surface area contributed by atoms with Crippen LogP contribution in [0.2, 0.25) is 0 Å². The molecule has 4 nitrogen and oxygen atoms in total. The number of hydrogen-bond acceptors (Lipinski definition) is 4. The van der Waals surface area contributed by atoms with Crippen LogP contribution >= 0.6 is 0 Å². The Labute approximate surface area is 119 Å². The lowest BCUT2D eigenvalue weighted by Gasteiger charge is -2.29. The van der Waals surface area contributed by atoms with Crippen LogP contribution in [0.3, 0.4) is 0 Å². The van der Waals surface area contributed by atoms with Gasteiger partial charge in [0.1, 0.15) is 12.0 Å². The SMILES string of the molecule is COc1c2c(c(CCC=O)c3c1OCCC3)OCCC2. The number of benzene rings is 1. The van der Waals surface area contributed by atoms with Crippen LogP contribution < -0.4 is 14.2 Å². The normalized spacial score (nSPS) is 16.4. The molecule has 2 heterocycles. The average molecular weight is 276 g/mol. The molecule has 0 amide bonds. The predicted octanol–water partition coefficient (Wildman–Crippen LogP) is 2.48. The molecule has 0 N–H and O–H groups in total. The second-order valence-corrected chi connectivity index (χ2v) is 5.24. The molecule has 2 aliphatic heterocycles. The van der Waals surface area contributed by atoms with Gasteiger partial charge >= 0.3 is 0 Å². The van der Waals surface area contributed by atoms with Crippen molar-refractivity contribution in [1.29, 1.82) is 0 Å². The topological polar surface area (TPSA) is 44.8 Å². The van der Waals surface area contributed by atoms with E-state index >= 15 is 0 Å². The molecule has 0 fully saturated rings. The molecule has 0 aliphatic carbocycles. The van der Waals surface area contributed by atoms with Crippen molar-refractivity contribution in [3.05, 3.63) is 16.7 Å². The second kappa shape index (κ2) is 5.73. The Morgan fingerprint density at radius 1 is 1.10 bits per heavy atom. The van der Waals surface area contributed by atoms with Gasteiger partial charge < -0.3 is 19.0 Å². The van der Waals surface area contributed by atoms with E-state index in [-0.39, 0.29) is 0 Å². The smallest absolute Gasteiger partial charge is 0.167 e. The van der Waals surface area contributed by atoms with Gasteiger partial charge in [0.05, 0.1) is 20.3 Å². The molecular formula is C16H20O4. The van der Waals surface area contributed by atoms with Crippen LogP contribution in [0.4, 0.5) is 0 Å². The second-order valence-electron chi connectivity index (χ2n) is 5.24. The van der Waals surface area contributed by atoms with Crippen LogP contribution in [0, 0.1) is 0 Å². The Hall–Kier alpha value is -1.71. The summed E-state index contributed by atoms with van der Waals surface area (Å²) in [6, 6.07) is 0. The highest BCUT2D eigenvalue weighted by molar-refractivity contribution is 5.65. The number of hydrogen-bond donors (Lipinski definition) is 0. The Bertz CT molecular complexity index is 485. The first-order chi connectivity index (χ1) is 9.86. The lowest BCUT2D eigenvalue weighted by molar-refractivity contribution is -0.107. The van der Waals surface area contributed by atoms with Crippen molar-refractivity contribution in [1.82, 2.24) is 0 Å². The first-order valence-electron chi connectivity index (χ1n) is 7.30. The van der Waals surface area contributed by atoms with Gasteiger partial charge in [0.25, 0.3) is 0 Å². The summed E-state index contributed by atoms with van der Waals surface area (Å²) in [6.07, 6.45) is 6.13. The Balaban J connectivity index is 2.18. The first-order valence-corrected chi connectivity index (χ1v) is 7.30. The van der Waals surface area contributed by atoms with Crippen LogP contribution in [0.15, 0.2) is 0 Å². The van der Waals surface area contributed by atoms with Gasteiger partial charge in [0.15, 0.2) is 11.5 Å². The maximum Gasteiger partial charge on any atom is 0.167 e. The van der Waals surface area contributed by atoms with Gasteiger partial charge in [0.2, 0.25) is 0 Å². The zero-order valence-electron chi connectivity index (χ0n) is 11.9. The summed E-state index contributed by atoms with van der Waals surface area (Å²) in [7, 11) is 1.69. The van der Waals surface area contributed by atoms with Gasteiger partial charge in [-0.2, -0.15) is 0 Å². The van der Waals surface area contributed by atoms with Crippen LogP contribution in [0.25, 0.3) is 0 Å². The summed E-state index contributed by atoms with van der Waals surface area (Å²) in [6.45, 7) is 1.47. The third-order valence-electron chi connectivity index (χ3n) is 4.02. The minimum Gasteiger partial charge on any atom is -0.493 e. The molecule has 0 radical (unpaired) electrons. The molecule has 1 aromatic rings. The standard InChI is InChI=1S/C16H20O4/c1-18-15-13-7-4-9-19-14(13)11(5-2-8-17)12-6-3-10-20-16(12)15/h8H,2-7,9-10H2,1H3. The first kappa shape index (κ1) is 13.3. The molecule has 0 unspecified atom stereocenters. The maximum atomic E-state index is 10.7. The van der Waals surface area contributed by atoms with Crippen LogP contribution in [-0.4, -0.2) is 26.6 Å². The molecule has 1 aromatic carbocycles. The van der Waals surface area contributed by atoms with Crippen molar-refractivity contribution in [2.45, 2.75) is 38.5 Å². The van der Waals surface area contributed by atoms with Gasteiger partial charge in [-0.05, 0) is 32.1 Å². The van der Waals surface area contributed by atoms with E-state index in [1.165, 1.54) is 5.56 Å². The van der Waals surface area contributed by atoms with E-state index in [4.69, 9.17) is 14.2 Å². The molecule has 0 saturated carbocycles. The highest BCUT2D eigenvalue weighted by Gasteiger charge is 2.29. The summed E-state index contributed by atoms with van der Waals surface area (Å²) in [4.78, 5) is 10.7. The van der Waals surface area contributed by atoms with Gasteiger partial charge in [-0.3, -0.25) is 0 Å². The highest BCUT2D eigenvalue weighted by Crippen LogP contribution is 2.48. The van der Waals surface area contributed by atoms with Crippen LogP contribution in [-0.2, 0) is 24.1 Å². The van der Waals surface area contributed by atoms with E-state index in [0.29, 0.717) is 6.42 Å². The van der Waals surface area contributed by atoms with Crippen LogP contribution in [0.5, 0.6) is 17.2 Å². The summed E-state index contributed by atoms with van der Waals surface area (Å²) >= 11 is 0. The van der Waals surface area contributed by atoms with Crippen molar-refractivity contribution in [2.75, 3.05) is 20.3 Å². The fourth-order valence-electron chi connectivity index (χ4n) is 3.18. The molecule has 4 heteroatoms. The predicted molar refractivity (Wildman–Crippen MR) is 75.0 cm³/mol.